The standard InChI is InChI=1S/C10H7ClN2O3/c1-16-10(15)9(14)5-4-13-8-6(11)2-3-12-7(5)8/h2-4,13H,1H3. The van der Waals surface area contributed by atoms with E-state index in [1.807, 2.05) is 0 Å². The zero-order valence-electron chi connectivity index (χ0n) is 8.28. The van der Waals surface area contributed by atoms with E-state index < -0.39 is 11.8 Å². The zero-order valence-corrected chi connectivity index (χ0v) is 9.04. The van der Waals surface area contributed by atoms with Crippen molar-refractivity contribution in [2.45, 2.75) is 0 Å². The van der Waals surface area contributed by atoms with E-state index in [4.69, 9.17) is 11.6 Å². The van der Waals surface area contributed by atoms with Crippen LogP contribution in [-0.4, -0.2) is 28.8 Å². The second kappa shape index (κ2) is 3.94. The fourth-order valence-electron chi connectivity index (χ4n) is 1.37. The summed E-state index contributed by atoms with van der Waals surface area (Å²) in [5.41, 5.74) is 1.05. The Kier molecular flexibility index (Phi) is 2.62. The number of rotatable bonds is 2. The molecule has 2 heterocycles. The average Bonchev–Trinajstić information content (AvgIpc) is 2.72. The molecule has 16 heavy (non-hydrogen) atoms. The number of nitrogens with one attached hydrogen (secondary N) is 1. The predicted molar refractivity (Wildman–Crippen MR) is 57.5 cm³/mol. The summed E-state index contributed by atoms with van der Waals surface area (Å²) in [7, 11) is 1.15. The monoisotopic (exact) mass is 238 g/mol. The molecule has 0 radical (unpaired) electrons. The number of ketones is 1. The molecule has 5 nitrogen and oxygen atoms in total. The second-order valence-corrected chi connectivity index (χ2v) is 3.45. The molecule has 1 N–H and O–H groups in total. The first-order valence-electron chi connectivity index (χ1n) is 4.39. The number of hydrogen-bond acceptors (Lipinski definition) is 4. The molecular weight excluding hydrogens is 232 g/mol. The Balaban J connectivity index is 2.59. The van der Waals surface area contributed by atoms with Gasteiger partial charge in [-0.25, -0.2) is 4.79 Å². The number of pyridine rings is 1. The number of methoxy groups -OCH3 is 1. The van der Waals surface area contributed by atoms with Crippen LogP contribution in [0.3, 0.4) is 0 Å². The Labute approximate surface area is 95.4 Å². The van der Waals surface area contributed by atoms with Gasteiger partial charge in [0.25, 0.3) is 5.78 Å². The van der Waals surface area contributed by atoms with Crippen molar-refractivity contribution in [2.75, 3.05) is 7.11 Å². The molecule has 0 unspecified atom stereocenters. The van der Waals surface area contributed by atoms with Crippen molar-refractivity contribution >= 4 is 34.4 Å². The van der Waals surface area contributed by atoms with Gasteiger partial charge in [-0.3, -0.25) is 9.78 Å². The summed E-state index contributed by atoms with van der Waals surface area (Å²) in [4.78, 5) is 29.5. The number of ether oxygens (including phenoxy) is 1. The molecule has 2 aromatic rings. The fourth-order valence-corrected chi connectivity index (χ4v) is 1.57. The Morgan fingerprint density at radius 1 is 1.50 bits per heavy atom. The quantitative estimate of drug-likeness (QED) is 0.490. The third kappa shape index (κ3) is 1.55. The number of carbonyl (C=O) groups excluding carboxylic acids is 2. The minimum atomic E-state index is -0.928. The highest BCUT2D eigenvalue weighted by atomic mass is 35.5. The lowest BCUT2D eigenvalue weighted by molar-refractivity contribution is -0.135. The summed E-state index contributed by atoms with van der Waals surface area (Å²) < 4.78 is 4.35. The van der Waals surface area contributed by atoms with Gasteiger partial charge in [-0.1, -0.05) is 11.6 Å². The van der Waals surface area contributed by atoms with Crippen LogP contribution in [-0.2, 0) is 9.53 Å². The SMILES string of the molecule is COC(=O)C(=O)c1c[nH]c2c(Cl)ccnc12. The van der Waals surface area contributed by atoms with Crippen LogP contribution in [0.25, 0.3) is 11.0 Å². The predicted octanol–water partition coefficient (Wildman–Crippen LogP) is 1.57. The van der Waals surface area contributed by atoms with Gasteiger partial charge in [-0.2, -0.15) is 0 Å². The molecule has 0 aromatic carbocycles. The van der Waals surface area contributed by atoms with Crippen LogP contribution in [0.5, 0.6) is 0 Å². The highest BCUT2D eigenvalue weighted by Crippen LogP contribution is 2.23. The van der Waals surface area contributed by atoms with Crippen LogP contribution < -0.4 is 0 Å². The van der Waals surface area contributed by atoms with Crippen LogP contribution in [0, 0.1) is 0 Å². The van der Waals surface area contributed by atoms with Gasteiger partial charge in [0.2, 0.25) is 0 Å². The third-order valence-corrected chi connectivity index (χ3v) is 2.45. The molecule has 82 valence electrons. The number of fused-ring (bicyclic) bond motifs is 1. The number of Topliss-reactive ketones (excluding diaryl/α,β-unsaturated/α-hetero) is 1. The van der Waals surface area contributed by atoms with Crippen LogP contribution in [0.1, 0.15) is 10.4 Å². The average molecular weight is 239 g/mol. The number of nitrogens with zero attached hydrogens (tertiary/aromatic N) is 1. The van der Waals surface area contributed by atoms with Gasteiger partial charge in [0, 0.05) is 12.4 Å². The van der Waals surface area contributed by atoms with Crippen molar-refractivity contribution in [1.82, 2.24) is 9.97 Å². The molecule has 0 bridgehead atoms. The molecule has 0 aliphatic carbocycles. The summed E-state index contributed by atoms with van der Waals surface area (Å²) >= 11 is 5.89. The maximum Gasteiger partial charge on any atom is 0.379 e. The Hall–Kier alpha value is -1.88. The summed E-state index contributed by atoms with van der Waals surface area (Å²) in [5, 5.41) is 0.439. The lowest BCUT2D eigenvalue weighted by atomic mass is 10.2. The number of aromatic nitrogens is 2. The normalized spacial score (nSPS) is 10.4. The van der Waals surface area contributed by atoms with E-state index in [2.05, 4.69) is 14.7 Å². The first-order chi connectivity index (χ1) is 7.65. The number of esters is 1. The van der Waals surface area contributed by atoms with E-state index in [1.165, 1.54) is 12.4 Å². The summed E-state index contributed by atoms with van der Waals surface area (Å²) in [6, 6.07) is 1.59. The minimum absolute atomic E-state index is 0.157. The van der Waals surface area contributed by atoms with Gasteiger partial charge in [0.05, 0.1) is 23.2 Å². The second-order valence-electron chi connectivity index (χ2n) is 3.04. The molecule has 0 atom stereocenters. The Bertz CT molecular complexity index is 576. The van der Waals surface area contributed by atoms with E-state index in [0.29, 0.717) is 16.1 Å². The van der Waals surface area contributed by atoms with Crippen LogP contribution in [0.15, 0.2) is 18.5 Å². The van der Waals surface area contributed by atoms with E-state index in [0.717, 1.165) is 7.11 Å². The van der Waals surface area contributed by atoms with E-state index >= 15 is 0 Å². The highest BCUT2D eigenvalue weighted by Gasteiger charge is 2.21. The summed E-state index contributed by atoms with van der Waals surface area (Å²) in [6.07, 6.45) is 2.86. The molecule has 6 heteroatoms. The van der Waals surface area contributed by atoms with Crippen molar-refractivity contribution in [3.05, 3.63) is 29.0 Å². The largest absolute Gasteiger partial charge is 0.463 e. The number of hydrogen-bond donors (Lipinski definition) is 1. The van der Waals surface area contributed by atoms with Gasteiger partial charge < -0.3 is 9.72 Å². The number of halogens is 1. The third-order valence-electron chi connectivity index (χ3n) is 2.13. The van der Waals surface area contributed by atoms with Crippen molar-refractivity contribution in [1.29, 1.82) is 0 Å². The van der Waals surface area contributed by atoms with E-state index in [9.17, 15) is 9.59 Å². The number of aromatic amines is 1. The molecule has 0 aliphatic heterocycles. The molecule has 2 aromatic heterocycles. The van der Waals surface area contributed by atoms with E-state index in [-0.39, 0.29) is 5.56 Å². The maximum atomic E-state index is 11.6. The minimum Gasteiger partial charge on any atom is -0.463 e. The summed E-state index contributed by atoms with van der Waals surface area (Å²) in [6.45, 7) is 0. The van der Waals surface area contributed by atoms with Crippen LogP contribution in [0.4, 0.5) is 0 Å². The fraction of sp³-hybridized carbons (Fsp3) is 0.100. The molecule has 2 rings (SSSR count). The smallest absolute Gasteiger partial charge is 0.379 e. The molecule has 0 amide bonds. The number of H-pyrrole nitrogens is 1. The summed E-state index contributed by atoms with van der Waals surface area (Å²) in [5.74, 6) is -1.67. The van der Waals surface area contributed by atoms with E-state index in [1.54, 1.807) is 6.07 Å². The van der Waals surface area contributed by atoms with Gasteiger partial charge in [0.15, 0.2) is 0 Å². The lowest BCUT2D eigenvalue weighted by Crippen LogP contribution is -2.15. The molecule has 0 saturated carbocycles. The van der Waals surface area contributed by atoms with Gasteiger partial charge in [0.1, 0.15) is 5.52 Å². The highest BCUT2D eigenvalue weighted by molar-refractivity contribution is 6.43. The first-order valence-corrected chi connectivity index (χ1v) is 4.77. The molecule has 0 fully saturated rings. The van der Waals surface area contributed by atoms with Crippen LogP contribution in [0.2, 0.25) is 5.02 Å². The molecule has 0 spiro atoms. The van der Waals surface area contributed by atoms with Gasteiger partial charge >= 0.3 is 5.97 Å². The topological polar surface area (TPSA) is 72.1 Å². The Morgan fingerprint density at radius 3 is 2.94 bits per heavy atom. The zero-order chi connectivity index (χ0) is 11.7. The van der Waals surface area contributed by atoms with Gasteiger partial charge in [-0.05, 0) is 6.07 Å². The molecular formula is C10H7ClN2O3. The molecule has 0 aliphatic rings. The Morgan fingerprint density at radius 2 is 2.25 bits per heavy atom. The number of carbonyl (C=O) groups is 2. The molecule has 0 saturated heterocycles. The van der Waals surface area contributed by atoms with Crippen molar-refractivity contribution in [3.63, 3.8) is 0 Å². The lowest BCUT2D eigenvalue weighted by Gasteiger charge is -1.96. The first kappa shape index (κ1) is 10.6. The van der Waals surface area contributed by atoms with Crippen molar-refractivity contribution < 1.29 is 14.3 Å². The van der Waals surface area contributed by atoms with Crippen LogP contribution >= 0.6 is 11.6 Å². The van der Waals surface area contributed by atoms with Gasteiger partial charge in [-0.15, -0.1) is 0 Å². The van der Waals surface area contributed by atoms with Crippen molar-refractivity contribution in [2.24, 2.45) is 0 Å². The van der Waals surface area contributed by atoms with Crippen molar-refractivity contribution in [3.8, 4) is 0 Å². The maximum absolute atomic E-state index is 11.6.